The minimum Gasteiger partial charge on any atom is -0.358 e. The van der Waals surface area contributed by atoms with E-state index in [1.807, 2.05) is 11.5 Å². The van der Waals surface area contributed by atoms with E-state index in [0.717, 1.165) is 37.2 Å². The van der Waals surface area contributed by atoms with Crippen LogP contribution in [0.2, 0.25) is 0 Å². The number of imidazole rings is 1. The first-order valence-corrected chi connectivity index (χ1v) is 10.7. The fourth-order valence-corrected chi connectivity index (χ4v) is 3.82. The standard InChI is InChI=1S/C18H21N5O3S/c1-12-20-17(22-13-6-8-14(9-7-13)27(2,24)25)16-18(21-12)23(11-19-16)15-5-3-4-10-26-15/h6-9,11,15H,3-5,10H2,1-2H3,(H,20,21,22). The predicted molar refractivity (Wildman–Crippen MR) is 102 cm³/mol. The Morgan fingerprint density at radius 1 is 1.19 bits per heavy atom. The van der Waals surface area contributed by atoms with E-state index in [9.17, 15) is 8.42 Å². The zero-order valence-electron chi connectivity index (χ0n) is 15.2. The van der Waals surface area contributed by atoms with E-state index in [4.69, 9.17) is 4.74 Å². The Bertz CT molecular complexity index is 1070. The van der Waals surface area contributed by atoms with Crippen LogP contribution in [0.25, 0.3) is 11.2 Å². The molecule has 2 aromatic heterocycles. The Balaban J connectivity index is 1.68. The second kappa shape index (κ2) is 6.90. The van der Waals surface area contributed by atoms with Gasteiger partial charge in [0.25, 0.3) is 0 Å². The van der Waals surface area contributed by atoms with E-state index in [2.05, 4.69) is 20.3 Å². The number of aryl methyl sites for hydroxylation is 1. The van der Waals surface area contributed by atoms with Gasteiger partial charge >= 0.3 is 0 Å². The van der Waals surface area contributed by atoms with Gasteiger partial charge in [-0.25, -0.2) is 23.4 Å². The van der Waals surface area contributed by atoms with Crippen LogP contribution in [0.4, 0.5) is 11.5 Å². The van der Waals surface area contributed by atoms with Crippen LogP contribution in [0, 0.1) is 6.92 Å². The summed E-state index contributed by atoms with van der Waals surface area (Å²) in [5.74, 6) is 1.20. The lowest BCUT2D eigenvalue weighted by Gasteiger charge is -2.23. The summed E-state index contributed by atoms with van der Waals surface area (Å²) in [6.07, 6.45) is 6.00. The van der Waals surface area contributed by atoms with Crippen LogP contribution in [-0.4, -0.2) is 40.8 Å². The molecule has 3 heterocycles. The Hall–Kier alpha value is -2.52. The van der Waals surface area contributed by atoms with Crippen molar-refractivity contribution < 1.29 is 13.2 Å². The quantitative estimate of drug-likeness (QED) is 0.735. The Labute approximate surface area is 157 Å². The number of benzene rings is 1. The first-order chi connectivity index (χ1) is 12.9. The number of aromatic nitrogens is 4. The fourth-order valence-electron chi connectivity index (χ4n) is 3.19. The lowest BCUT2D eigenvalue weighted by atomic mass is 10.2. The first-order valence-electron chi connectivity index (χ1n) is 8.82. The summed E-state index contributed by atoms with van der Waals surface area (Å²) in [4.78, 5) is 13.8. The maximum absolute atomic E-state index is 11.6. The summed E-state index contributed by atoms with van der Waals surface area (Å²) >= 11 is 0. The maximum atomic E-state index is 11.6. The SMILES string of the molecule is Cc1nc(Nc2ccc(S(C)(=O)=O)cc2)c2ncn(C3CCCCO3)c2n1. The number of nitrogens with one attached hydrogen (secondary N) is 1. The van der Waals surface area contributed by atoms with Gasteiger partial charge in [0.05, 0.1) is 11.2 Å². The van der Waals surface area contributed by atoms with Gasteiger partial charge < -0.3 is 10.1 Å². The molecule has 8 nitrogen and oxygen atoms in total. The van der Waals surface area contributed by atoms with Crippen LogP contribution in [0.1, 0.15) is 31.3 Å². The molecule has 1 atom stereocenters. The molecule has 0 aliphatic carbocycles. The summed E-state index contributed by atoms with van der Waals surface area (Å²) in [7, 11) is -3.23. The molecule has 1 fully saturated rings. The van der Waals surface area contributed by atoms with Crippen LogP contribution in [0.15, 0.2) is 35.5 Å². The van der Waals surface area contributed by atoms with Crippen molar-refractivity contribution in [1.82, 2.24) is 19.5 Å². The van der Waals surface area contributed by atoms with Gasteiger partial charge in [0.2, 0.25) is 0 Å². The van der Waals surface area contributed by atoms with Gasteiger partial charge in [0.15, 0.2) is 26.8 Å². The van der Waals surface area contributed by atoms with Crippen LogP contribution in [0.5, 0.6) is 0 Å². The second-order valence-corrected chi connectivity index (χ2v) is 8.70. The molecule has 0 amide bonds. The number of hydrogen-bond donors (Lipinski definition) is 1. The monoisotopic (exact) mass is 387 g/mol. The van der Waals surface area contributed by atoms with E-state index >= 15 is 0 Å². The average Bonchev–Trinajstić information content (AvgIpc) is 3.06. The van der Waals surface area contributed by atoms with E-state index in [1.165, 1.54) is 6.26 Å². The first kappa shape index (κ1) is 17.9. The Kier molecular flexibility index (Phi) is 4.56. The third kappa shape index (κ3) is 3.65. The Morgan fingerprint density at radius 3 is 2.63 bits per heavy atom. The van der Waals surface area contributed by atoms with Gasteiger partial charge in [0, 0.05) is 18.6 Å². The normalized spacial score (nSPS) is 17.9. The summed E-state index contributed by atoms with van der Waals surface area (Å²) in [5.41, 5.74) is 2.11. The number of rotatable bonds is 4. The molecule has 1 aliphatic rings. The van der Waals surface area contributed by atoms with Gasteiger partial charge in [-0.05, 0) is 50.5 Å². The molecule has 0 bridgehead atoms. The highest BCUT2D eigenvalue weighted by Crippen LogP contribution is 2.29. The van der Waals surface area contributed by atoms with Crippen molar-refractivity contribution in [3.8, 4) is 0 Å². The van der Waals surface area contributed by atoms with Gasteiger partial charge in [0.1, 0.15) is 12.1 Å². The van der Waals surface area contributed by atoms with Crippen molar-refractivity contribution in [2.45, 2.75) is 37.3 Å². The Morgan fingerprint density at radius 2 is 1.96 bits per heavy atom. The lowest BCUT2D eigenvalue weighted by molar-refractivity contribution is -0.0298. The molecule has 0 saturated carbocycles. The zero-order valence-corrected chi connectivity index (χ0v) is 16.0. The van der Waals surface area contributed by atoms with E-state index in [-0.39, 0.29) is 11.1 Å². The van der Waals surface area contributed by atoms with Crippen LogP contribution in [0.3, 0.4) is 0 Å². The topological polar surface area (TPSA) is 99.0 Å². The molecule has 142 valence electrons. The molecule has 27 heavy (non-hydrogen) atoms. The van der Waals surface area contributed by atoms with E-state index < -0.39 is 9.84 Å². The fraction of sp³-hybridized carbons (Fsp3) is 0.389. The van der Waals surface area contributed by atoms with E-state index in [1.54, 1.807) is 30.6 Å². The maximum Gasteiger partial charge on any atom is 0.175 e. The smallest absolute Gasteiger partial charge is 0.175 e. The second-order valence-electron chi connectivity index (χ2n) is 6.69. The van der Waals surface area contributed by atoms with Gasteiger partial charge in [-0.3, -0.25) is 4.57 Å². The van der Waals surface area contributed by atoms with Gasteiger partial charge in [-0.15, -0.1) is 0 Å². The van der Waals surface area contributed by atoms with Gasteiger partial charge in [-0.1, -0.05) is 0 Å². The molecule has 1 unspecified atom stereocenters. The molecule has 0 spiro atoms. The van der Waals surface area contributed by atoms with Gasteiger partial charge in [-0.2, -0.15) is 0 Å². The van der Waals surface area contributed by atoms with Crippen LogP contribution < -0.4 is 5.32 Å². The molecule has 1 saturated heterocycles. The summed E-state index contributed by atoms with van der Waals surface area (Å²) < 4.78 is 31.0. The number of nitrogens with zero attached hydrogens (tertiary/aromatic N) is 4. The highest BCUT2D eigenvalue weighted by Gasteiger charge is 2.21. The molecular formula is C18H21N5O3S. The largest absolute Gasteiger partial charge is 0.358 e. The minimum absolute atomic E-state index is 0.0556. The molecular weight excluding hydrogens is 366 g/mol. The zero-order chi connectivity index (χ0) is 19.0. The molecule has 4 rings (SSSR count). The molecule has 1 N–H and O–H groups in total. The lowest BCUT2D eigenvalue weighted by Crippen LogP contribution is -2.18. The third-order valence-corrected chi connectivity index (χ3v) is 5.67. The summed E-state index contributed by atoms with van der Waals surface area (Å²) in [6, 6.07) is 6.55. The van der Waals surface area contributed by atoms with Crippen LogP contribution in [-0.2, 0) is 14.6 Å². The number of ether oxygens (including phenoxy) is 1. The number of sulfone groups is 1. The predicted octanol–water partition coefficient (Wildman–Crippen LogP) is 2.98. The van der Waals surface area contributed by atoms with Crippen molar-refractivity contribution in [1.29, 1.82) is 0 Å². The molecule has 0 radical (unpaired) electrons. The highest BCUT2D eigenvalue weighted by atomic mass is 32.2. The third-order valence-electron chi connectivity index (χ3n) is 4.54. The molecule has 1 aromatic carbocycles. The molecule has 3 aromatic rings. The van der Waals surface area contributed by atoms with Crippen molar-refractivity contribution in [3.05, 3.63) is 36.4 Å². The van der Waals surface area contributed by atoms with Crippen molar-refractivity contribution >= 4 is 32.5 Å². The average molecular weight is 387 g/mol. The molecule has 1 aliphatic heterocycles. The number of anilines is 2. The summed E-state index contributed by atoms with van der Waals surface area (Å²) in [6.45, 7) is 2.57. The molecule has 9 heteroatoms. The summed E-state index contributed by atoms with van der Waals surface area (Å²) in [5, 5.41) is 3.22. The minimum atomic E-state index is -3.23. The van der Waals surface area contributed by atoms with E-state index in [0.29, 0.717) is 17.2 Å². The van der Waals surface area contributed by atoms with Crippen molar-refractivity contribution in [3.63, 3.8) is 0 Å². The van der Waals surface area contributed by atoms with Crippen molar-refractivity contribution in [2.75, 3.05) is 18.2 Å². The van der Waals surface area contributed by atoms with Crippen LogP contribution >= 0.6 is 0 Å². The number of hydrogen-bond acceptors (Lipinski definition) is 7. The number of fused-ring (bicyclic) bond motifs is 1. The van der Waals surface area contributed by atoms with Crippen molar-refractivity contribution in [2.24, 2.45) is 0 Å². The highest BCUT2D eigenvalue weighted by molar-refractivity contribution is 7.90.